The van der Waals surface area contributed by atoms with Crippen LogP contribution < -0.4 is 0 Å². The van der Waals surface area contributed by atoms with Crippen LogP contribution in [0.25, 0.3) is 88.3 Å². The van der Waals surface area contributed by atoms with E-state index < -0.39 is 0 Å². The fourth-order valence-electron chi connectivity index (χ4n) is 10.3. The molecule has 0 atom stereocenters. The lowest BCUT2D eigenvalue weighted by atomic mass is 9.79. The van der Waals surface area contributed by atoms with Crippen molar-refractivity contribution in [3.8, 4) is 66.8 Å². The van der Waals surface area contributed by atoms with Gasteiger partial charge in [-0.25, -0.2) is 0 Å². The Morgan fingerprint density at radius 3 is 1.32 bits per heavy atom. The molecule has 0 amide bonds. The molecule has 0 spiro atoms. The zero-order valence-electron chi connectivity index (χ0n) is 32.3. The van der Waals surface area contributed by atoms with E-state index in [0.717, 1.165) is 0 Å². The van der Waals surface area contributed by atoms with E-state index in [1.54, 1.807) is 0 Å². The summed E-state index contributed by atoms with van der Waals surface area (Å²) in [7, 11) is 0. The highest BCUT2D eigenvalue weighted by Crippen LogP contribution is 2.53. The van der Waals surface area contributed by atoms with E-state index >= 15 is 0 Å². The summed E-state index contributed by atoms with van der Waals surface area (Å²) in [6, 6.07) is 68.4. The third kappa shape index (κ3) is 4.66. The van der Waals surface area contributed by atoms with Crippen molar-refractivity contribution in [1.82, 2.24) is 0 Å². The second kappa shape index (κ2) is 12.0. The van der Waals surface area contributed by atoms with Gasteiger partial charge in [-0.3, -0.25) is 0 Å². The van der Waals surface area contributed by atoms with Crippen LogP contribution in [-0.2, 0) is 10.8 Å². The Morgan fingerprint density at radius 2 is 0.679 bits per heavy atom. The van der Waals surface area contributed by atoms with Gasteiger partial charge in [0.25, 0.3) is 0 Å². The van der Waals surface area contributed by atoms with Gasteiger partial charge >= 0.3 is 0 Å². The van der Waals surface area contributed by atoms with Gasteiger partial charge in [-0.2, -0.15) is 0 Å². The summed E-state index contributed by atoms with van der Waals surface area (Å²) in [5.74, 6) is 0. The molecule has 0 heteroatoms. The van der Waals surface area contributed by atoms with Crippen LogP contribution in [0, 0.1) is 0 Å². The van der Waals surface area contributed by atoms with E-state index in [2.05, 4.69) is 210 Å². The van der Waals surface area contributed by atoms with Gasteiger partial charge in [-0.05, 0) is 129 Å². The van der Waals surface area contributed by atoms with Crippen molar-refractivity contribution in [2.75, 3.05) is 0 Å². The molecule has 9 aromatic rings. The minimum absolute atomic E-state index is 0.0662. The van der Waals surface area contributed by atoms with Crippen molar-refractivity contribution in [2.45, 2.75) is 38.5 Å². The van der Waals surface area contributed by atoms with Crippen LogP contribution in [0.1, 0.15) is 49.9 Å². The quantitative estimate of drug-likeness (QED) is 0.159. The predicted octanol–water partition coefficient (Wildman–Crippen LogP) is 15.3. The van der Waals surface area contributed by atoms with E-state index in [9.17, 15) is 0 Å². The van der Waals surface area contributed by atoms with Crippen LogP contribution >= 0.6 is 0 Å². The lowest BCUT2D eigenvalue weighted by molar-refractivity contribution is 0.660. The highest BCUT2D eigenvalue weighted by atomic mass is 14.4. The van der Waals surface area contributed by atoms with E-state index in [-0.39, 0.29) is 10.8 Å². The molecule has 0 unspecified atom stereocenters. The van der Waals surface area contributed by atoms with Crippen molar-refractivity contribution in [1.29, 1.82) is 0 Å². The largest absolute Gasteiger partial charge is 0.0622 e. The van der Waals surface area contributed by atoms with Gasteiger partial charge in [0.05, 0.1) is 0 Å². The van der Waals surface area contributed by atoms with Crippen LogP contribution in [0.2, 0.25) is 0 Å². The Labute approximate surface area is 329 Å². The Hall–Kier alpha value is -6.50. The molecule has 266 valence electrons. The first-order valence-corrected chi connectivity index (χ1v) is 19.9. The van der Waals surface area contributed by atoms with Gasteiger partial charge in [-0.1, -0.05) is 191 Å². The normalized spacial score (nSPS) is 14.4. The van der Waals surface area contributed by atoms with Gasteiger partial charge in [0.1, 0.15) is 0 Å². The first-order valence-electron chi connectivity index (χ1n) is 19.9. The third-order valence-corrected chi connectivity index (χ3v) is 13.1. The predicted molar refractivity (Wildman–Crippen MR) is 238 cm³/mol. The second-order valence-electron chi connectivity index (χ2n) is 16.8. The summed E-state index contributed by atoms with van der Waals surface area (Å²) in [6.07, 6.45) is 0. The molecule has 0 aromatic heterocycles. The van der Waals surface area contributed by atoms with Crippen molar-refractivity contribution in [2.24, 2.45) is 0 Å². The molecule has 0 saturated heterocycles. The minimum atomic E-state index is -0.0952. The maximum atomic E-state index is 2.50. The summed E-state index contributed by atoms with van der Waals surface area (Å²) in [4.78, 5) is 0. The van der Waals surface area contributed by atoms with Gasteiger partial charge in [0, 0.05) is 10.8 Å². The summed E-state index contributed by atoms with van der Waals surface area (Å²) < 4.78 is 0. The van der Waals surface area contributed by atoms with Crippen LogP contribution in [0.4, 0.5) is 0 Å². The molecule has 0 bridgehead atoms. The average molecular weight is 715 g/mol. The van der Waals surface area contributed by atoms with E-state index in [0.29, 0.717) is 0 Å². The number of hydrogen-bond donors (Lipinski definition) is 0. The zero-order valence-corrected chi connectivity index (χ0v) is 32.3. The topological polar surface area (TPSA) is 0 Å². The summed E-state index contributed by atoms with van der Waals surface area (Å²) in [5.41, 5.74) is 20.9. The Morgan fingerprint density at radius 1 is 0.250 bits per heavy atom. The molecular formula is C56H42. The lowest BCUT2D eigenvalue weighted by Gasteiger charge is -2.24. The zero-order chi connectivity index (χ0) is 37.8. The number of benzene rings is 9. The molecule has 0 nitrogen and oxygen atoms in total. The van der Waals surface area contributed by atoms with Crippen molar-refractivity contribution >= 4 is 21.5 Å². The van der Waals surface area contributed by atoms with E-state index in [1.807, 2.05) is 0 Å². The van der Waals surface area contributed by atoms with Crippen molar-refractivity contribution in [3.63, 3.8) is 0 Å². The van der Waals surface area contributed by atoms with Crippen LogP contribution in [-0.4, -0.2) is 0 Å². The third-order valence-electron chi connectivity index (χ3n) is 13.1. The molecule has 2 aliphatic carbocycles. The molecule has 2 aliphatic rings. The molecule has 0 fully saturated rings. The second-order valence-corrected chi connectivity index (χ2v) is 16.8. The maximum Gasteiger partial charge on any atom is 0.0159 e. The summed E-state index contributed by atoms with van der Waals surface area (Å²) >= 11 is 0. The van der Waals surface area contributed by atoms with E-state index in [1.165, 1.54) is 111 Å². The van der Waals surface area contributed by atoms with Gasteiger partial charge < -0.3 is 0 Å². The average Bonchev–Trinajstić information content (AvgIpc) is 3.61. The number of rotatable bonds is 4. The molecule has 9 aromatic carbocycles. The highest BCUT2D eigenvalue weighted by Gasteiger charge is 2.37. The molecule has 11 rings (SSSR count). The molecule has 56 heavy (non-hydrogen) atoms. The van der Waals surface area contributed by atoms with Crippen LogP contribution in [0.3, 0.4) is 0 Å². The lowest BCUT2D eigenvalue weighted by Crippen LogP contribution is -2.14. The summed E-state index contributed by atoms with van der Waals surface area (Å²) in [5, 5.41) is 5.08. The Kier molecular flexibility index (Phi) is 7.05. The van der Waals surface area contributed by atoms with E-state index in [4.69, 9.17) is 0 Å². The SMILES string of the molecule is CC1(C)c2ccccc2-c2ccc(-c3ccc4c(-c5ccccc5-c5ccccc5)c5ccccc5c(-c5ccc6c(c5)C(C)(C)c5ccccc5-6)c4c3)cc21. The fraction of sp³-hybridized carbons (Fsp3) is 0.107. The number of hydrogen-bond acceptors (Lipinski definition) is 0. The van der Waals surface area contributed by atoms with Crippen LogP contribution in [0.5, 0.6) is 0 Å². The highest BCUT2D eigenvalue weighted by molar-refractivity contribution is 6.23. The monoisotopic (exact) mass is 714 g/mol. The first-order chi connectivity index (χ1) is 27.3. The number of fused-ring (bicyclic) bond motifs is 8. The Bertz CT molecular complexity index is 3060. The fourth-order valence-corrected chi connectivity index (χ4v) is 10.3. The van der Waals surface area contributed by atoms with Crippen molar-refractivity contribution < 1.29 is 0 Å². The molecular weight excluding hydrogens is 673 g/mol. The molecule has 0 saturated carbocycles. The van der Waals surface area contributed by atoms with Crippen LogP contribution in [0.15, 0.2) is 182 Å². The molecule has 0 radical (unpaired) electrons. The van der Waals surface area contributed by atoms with Gasteiger partial charge in [0.15, 0.2) is 0 Å². The minimum Gasteiger partial charge on any atom is -0.0622 e. The molecule has 0 aliphatic heterocycles. The Balaban J connectivity index is 1.21. The first kappa shape index (κ1) is 32.9. The molecule has 0 heterocycles. The van der Waals surface area contributed by atoms with Gasteiger partial charge in [0.2, 0.25) is 0 Å². The van der Waals surface area contributed by atoms with Crippen molar-refractivity contribution in [3.05, 3.63) is 204 Å². The maximum absolute atomic E-state index is 2.50. The molecule has 0 N–H and O–H groups in total. The standard InChI is InChI=1S/C56H42/c1-55(2)49-24-14-12-19-40(49)42-29-26-37(33-51(42)55)36-27-31-47-48(32-36)53(38-28-30-43-41-20-13-15-25-50(41)56(3,4)52(43)34-38)45-22-10-11-23-46(45)54(47)44-21-9-8-18-39(44)35-16-6-5-7-17-35/h5-34H,1-4H3. The van der Waals surface area contributed by atoms with Gasteiger partial charge in [-0.15, -0.1) is 0 Å². The smallest absolute Gasteiger partial charge is 0.0159 e. The summed E-state index contributed by atoms with van der Waals surface area (Å²) in [6.45, 7) is 9.51.